The molecule has 0 saturated carbocycles. The van der Waals surface area contributed by atoms with Crippen LogP contribution in [0.4, 0.5) is 5.69 Å². The van der Waals surface area contributed by atoms with Gasteiger partial charge >= 0.3 is 0 Å². The van der Waals surface area contributed by atoms with E-state index in [1.54, 1.807) is 24.3 Å². The van der Waals surface area contributed by atoms with Gasteiger partial charge in [0, 0.05) is 17.6 Å². The third kappa shape index (κ3) is 4.43. The Morgan fingerprint density at radius 3 is 2.04 bits per heavy atom. The average Bonchev–Trinajstić information content (AvgIpc) is 2.46. The molecule has 0 amide bonds. The minimum absolute atomic E-state index is 0.0835. The largest absolute Gasteiger partial charge is 0.308 e. The van der Waals surface area contributed by atoms with Crippen LogP contribution < -0.4 is 4.31 Å². The number of benzene rings is 2. The maximum Gasteiger partial charge on any atom is 0.267 e. The van der Waals surface area contributed by atoms with Crippen molar-refractivity contribution in [2.24, 2.45) is 0 Å². The summed E-state index contributed by atoms with van der Waals surface area (Å²) in [6.45, 7) is 0.835. The van der Waals surface area contributed by atoms with Crippen LogP contribution in [0.5, 0.6) is 0 Å². The van der Waals surface area contributed by atoms with E-state index < -0.39 is 10.0 Å². The van der Waals surface area contributed by atoms with E-state index in [1.165, 1.54) is 16.4 Å². The molecule has 0 N–H and O–H groups in total. The van der Waals surface area contributed by atoms with Gasteiger partial charge in [0.25, 0.3) is 10.0 Å². The number of anilines is 1. The lowest BCUT2D eigenvalue weighted by Crippen LogP contribution is -2.37. The summed E-state index contributed by atoms with van der Waals surface area (Å²) in [6.07, 6.45) is 0. The van der Waals surface area contributed by atoms with Crippen molar-refractivity contribution in [2.75, 3.05) is 31.5 Å². The highest BCUT2D eigenvalue weighted by atomic mass is 79.9. The van der Waals surface area contributed by atoms with Gasteiger partial charge in [0.15, 0.2) is 0 Å². The van der Waals surface area contributed by atoms with E-state index in [2.05, 4.69) is 15.9 Å². The van der Waals surface area contributed by atoms with Gasteiger partial charge in [-0.3, -0.25) is 4.31 Å². The normalized spacial score (nSPS) is 11.8. The highest BCUT2D eigenvalue weighted by molar-refractivity contribution is 9.10. The van der Waals surface area contributed by atoms with Crippen LogP contribution in [0.2, 0.25) is 10.0 Å². The first-order valence-electron chi connectivity index (χ1n) is 7.10. The topological polar surface area (TPSA) is 40.6 Å². The first kappa shape index (κ1) is 19.5. The van der Waals surface area contributed by atoms with Gasteiger partial charge in [-0.2, -0.15) is 0 Å². The van der Waals surface area contributed by atoms with Gasteiger partial charge in [0.05, 0.1) is 15.7 Å². The summed E-state index contributed by atoms with van der Waals surface area (Å²) in [4.78, 5) is 1.83. The third-order valence-corrected chi connectivity index (χ3v) is 6.51. The monoisotopic (exact) mass is 450 g/mol. The van der Waals surface area contributed by atoms with E-state index in [1.807, 2.05) is 25.1 Å². The van der Waals surface area contributed by atoms with Crippen LogP contribution in [0.1, 0.15) is 0 Å². The Morgan fingerprint density at radius 1 is 1.00 bits per heavy atom. The predicted molar refractivity (Wildman–Crippen MR) is 104 cm³/mol. The van der Waals surface area contributed by atoms with Crippen molar-refractivity contribution in [1.29, 1.82) is 0 Å². The molecule has 0 atom stereocenters. The zero-order chi connectivity index (χ0) is 17.9. The molecule has 2 aromatic carbocycles. The molecule has 0 aliphatic carbocycles. The Labute approximate surface area is 161 Å². The zero-order valence-corrected chi connectivity index (χ0v) is 17.1. The molecule has 0 bridgehead atoms. The zero-order valence-electron chi connectivity index (χ0n) is 13.2. The first-order chi connectivity index (χ1) is 11.2. The van der Waals surface area contributed by atoms with Crippen LogP contribution in [-0.2, 0) is 10.0 Å². The second kappa shape index (κ2) is 8.06. The molecule has 0 aromatic heterocycles. The molecule has 0 aliphatic rings. The van der Waals surface area contributed by atoms with Crippen molar-refractivity contribution in [3.05, 3.63) is 57.0 Å². The fourth-order valence-electron chi connectivity index (χ4n) is 2.16. The van der Waals surface area contributed by atoms with Crippen molar-refractivity contribution < 1.29 is 8.42 Å². The summed E-state index contributed by atoms with van der Waals surface area (Å²) >= 11 is 15.6. The summed E-state index contributed by atoms with van der Waals surface area (Å²) in [6, 6.07) is 11.9. The van der Waals surface area contributed by atoms with Gasteiger partial charge in [0.2, 0.25) is 0 Å². The van der Waals surface area contributed by atoms with Crippen LogP contribution in [0.15, 0.2) is 51.8 Å². The molecular weight excluding hydrogens is 435 g/mol. The standard InChI is InChI=1S/C16H17BrCl2N2O2S/c1-20(2)8-9-21(13-6-4-3-5-7-13)24(22,23)16-14(18)10-12(17)11-15(16)19/h3-7,10-11H,8-9H2,1-2H3. The highest BCUT2D eigenvalue weighted by Gasteiger charge is 2.29. The Bertz CT molecular complexity index is 791. The van der Waals surface area contributed by atoms with Crippen LogP contribution in [0, 0.1) is 0 Å². The van der Waals surface area contributed by atoms with E-state index in [-0.39, 0.29) is 21.5 Å². The number of para-hydroxylation sites is 1. The number of nitrogens with zero attached hydrogens (tertiary/aromatic N) is 2. The Kier molecular flexibility index (Phi) is 6.56. The number of hydrogen-bond donors (Lipinski definition) is 0. The summed E-state index contributed by atoms with van der Waals surface area (Å²) in [5.41, 5.74) is 0.564. The lowest BCUT2D eigenvalue weighted by molar-refractivity contribution is 0.419. The van der Waals surface area contributed by atoms with Crippen LogP contribution in [0.25, 0.3) is 0 Å². The fraction of sp³-hybridized carbons (Fsp3) is 0.250. The number of sulfonamides is 1. The Morgan fingerprint density at radius 2 is 1.54 bits per heavy atom. The SMILES string of the molecule is CN(C)CCN(c1ccccc1)S(=O)(=O)c1c(Cl)cc(Br)cc1Cl. The average molecular weight is 452 g/mol. The molecule has 0 unspecified atom stereocenters. The molecule has 0 saturated heterocycles. The van der Waals surface area contributed by atoms with Crippen LogP contribution in [0.3, 0.4) is 0 Å². The lowest BCUT2D eigenvalue weighted by atomic mass is 10.3. The number of hydrogen-bond acceptors (Lipinski definition) is 3. The van der Waals surface area contributed by atoms with Gasteiger partial charge in [-0.25, -0.2) is 8.42 Å². The van der Waals surface area contributed by atoms with E-state index in [0.29, 0.717) is 16.7 Å². The molecule has 0 spiro atoms. The molecule has 24 heavy (non-hydrogen) atoms. The molecule has 2 aromatic rings. The third-order valence-electron chi connectivity index (χ3n) is 3.31. The number of likely N-dealkylation sites (N-methyl/N-ethyl adjacent to an activating group) is 1. The summed E-state index contributed by atoms with van der Waals surface area (Å²) < 4.78 is 28.4. The van der Waals surface area contributed by atoms with Gasteiger partial charge in [-0.05, 0) is 38.4 Å². The minimum atomic E-state index is -3.91. The smallest absolute Gasteiger partial charge is 0.267 e. The molecule has 2 rings (SSSR count). The predicted octanol–water partition coefficient (Wildman–Crippen LogP) is 4.51. The maximum atomic E-state index is 13.2. The quantitative estimate of drug-likeness (QED) is 0.648. The van der Waals surface area contributed by atoms with Gasteiger partial charge in [-0.15, -0.1) is 0 Å². The summed E-state index contributed by atoms with van der Waals surface area (Å²) in [5.74, 6) is 0. The van der Waals surface area contributed by atoms with Gasteiger partial charge in [-0.1, -0.05) is 57.3 Å². The number of rotatable bonds is 6. The first-order valence-corrected chi connectivity index (χ1v) is 10.1. The molecule has 130 valence electrons. The van der Waals surface area contributed by atoms with Crippen molar-refractivity contribution in [2.45, 2.75) is 4.90 Å². The number of halogens is 3. The second-order valence-corrected chi connectivity index (χ2v) is 8.94. The molecule has 0 fully saturated rings. The van der Waals surface area contributed by atoms with Gasteiger partial charge < -0.3 is 4.90 Å². The van der Waals surface area contributed by atoms with Crippen LogP contribution in [-0.4, -0.2) is 40.5 Å². The minimum Gasteiger partial charge on any atom is -0.308 e. The fourth-order valence-corrected chi connectivity index (χ4v) is 5.50. The Balaban J connectivity index is 2.56. The van der Waals surface area contributed by atoms with Crippen molar-refractivity contribution in [3.63, 3.8) is 0 Å². The van der Waals surface area contributed by atoms with E-state index in [4.69, 9.17) is 23.2 Å². The molecule has 0 heterocycles. The van der Waals surface area contributed by atoms with Crippen molar-refractivity contribution in [3.8, 4) is 0 Å². The van der Waals surface area contributed by atoms with Gasteiger partial charge in [0.1, 0.15) is 4.90 Å². The van der Waals surface area contributed by atoms with Crippen molar-refractivity contribution >= 4 is 54.8 Å². The summed E-state index contributed by atoms with van der Waals surface area (Å²) in [5, 5.41) is 0.167. The van der Waals surface area contributed by atoms with E-state index >= 15 is 0 Å². The molecule has 0 radical (unpaired) electrons. The molecule has 0 aliphatic heterocycles. The molecule has 4 nitrogen and oxygen atoms in total. The lowest BCUT2D eigenvalue weighted by Gasteiger charge is -2.26. The van der Waals surface area contributed by atoms with E-state index in [0.717, 1.165) is 0 Å². The maximum absolute atomic E-state index is 13.2. The van der Waals surface area contributed by atoms with E-state index in [9.17, 15) is 8.42 Å². The summed E-state index contributed by atoms with van der Waals surface area (Å²) in [7, 11) is -0.137. The molecular formula is C16H17BrCl2N2O2S. The van der Waals surface area contributed by atoms with Crippen molar-refractivity contribution in [1.82, 2.24) is 4.90 Å². The molecule has 8 heteroatoms. The Hall–Kier alpha value is -0.790. The second-order valence-electron chi connectivity index (χ2n) is 5.41. The van der Waals surface area contributed by atoms with Crippen LogP contribution >= 0.6 is 39.1 Å². The highest BCUT2D eigenvalue weighted by Crippen LogP contribution is 2.36.